The minimum Gasteiger partial charge on any atom is -0.382 e. The predicted octanol–water partition coefficient (Wildman–Crippen LogP) is 1.56. The van der Waals surface area contributed by atoms with Crippen molar-refractivity contribution >= 4 is 11.6 Å². The first-order chi connectivity index (χ1) is 8.99. The van der Waals surface area contributed by atoms with Crippen LogP contribution in [0, 0.1) is 11.2 Å². The molecule has 0 aliphatic carbocycles. The molecule has 6 heteroatoms. The average Bonchev–Trinajstić information content (AvgIpc) is 2.76. The number of Topliss-reactive ketones (excluding diaryl/α,β-unsaturated/α-hetero) is 1. The van der Waals surface area contributed by atoms with Crippen LogP contribution in [0.25, 0.3) is 0 Å². The number of amidine groups is 1. The number of nitrogens with one attached hydrogen (secondary N) is 1. The van der Waals surface area contributed by atoms with Crippen molar-refractivity contribution in [3.63, 3.8) is 0 Å². The van der Waals surface area contributed by atoms with Crippen LogP contribution in [0.15, 0.2) is 30.3 Å². The van der Waals surface area contributed by atoms with Gasteiger partial charge in [0.2, 0.25) is 0 Å². The van der Waals surface area contributed by atoms with Crippen LogP contribution in [0.4, 0.5) is 4.39 Å². The maximum Gasteiger partial charge on any atom is 0.177 e. The average molecular weight is 260 g/mol. The number of nitrogen functional groups attached to an aromatic ring is 1. The molecule has 2 rings (SSSR count). The maximum atomic E-state index is 13.6. The van der Waals surface area contributed by atoms with Gasteiger partial charge in [0.1, 0.15) is 23.0 Å². The van der Waals surface area contributed by atoms with Gasteiger partial charge in [0.15, 0.2) is 5.78 Å². The lowest BCUT2D eigenvalue weighted by Gasteiger charge is -2.06. The summed E-state index contributed by atoms with van der Waals surface area (Å²) in [6.07, 6.45) is 0. The third-order valence-corrected chi connectivity index (χ3v) is 2.69. The van der Waals surface area contributed by atoms with Crippen LogP contribution < -0.4 is 5.73 Å². The molecule has 0 radical (unpaired) electrons. The fraction of sp³-hybridized carbons (Fsp3) is 0.154. The van der Waals surface area contributed by atoms with Crippen molar-refractivity contribution < 1.29 is 9.18 Å². The zero-order chi connectivity index (χ0) is 14.0. The normalized spacial score (nSPS) is 10.4. The van der Waals surface area contributed by atoms with E-state index in [1.54, 1.807) is 18.2 Å². The van der Waals surface area contributed by atoms with Crippen LogP contribution in [-0.2, 0) is 6.54 Å². The molecular formula is C13H13FN4O. The zero-order valence-corrected chi connectivity index (χ0v) is 10.4. The minimum atomic E-state index is -0.364. The van der Waals surface area contributed by atoms with Gasteiger partial charge in [-0.15, -0.1) is 0 Å². The molecule has 5 nitrogen and oxygen atoms in total. The summed E-state index contributed by atoms with van der Waals surface area (Å²) in [5, 5.41) is 11.4. The quantitative estimate of drug-likeness (QED) is 0.497. The standard InChI is InChI=1S/C13H13FN4O/c1-8(19)12-6-11(13(15)16)17-18(12)7-9-4-2-3-5-10(9)14/h2-6H,7H2,1H3,(H3,15,16). The van der Waals surface area contributed by atoms with Crippen molar-refractivity contribution in [3.8, 4) is 0 Å². The lowest BCUT2D eigenvalue weighted by atomic mass is 10.2. The number of hydrogen-bond acceptors (Lipinski definition) is 3. The van der Waals surface area contributed by atoms with Gasteiger partial charge in [-0.1, -0.05) is 18.2 Å². The molecule has 0 saturated heterocycles. The smallest absolute Gasteiger partial charge is 0.177 e. The Morgan fingerprint density at radius 1 is 1.47 bits per heavy atom. The molecule has 0 saturated carbocycles. The number of aromatic nitrogens is 2. The van der Waals surface area contributed by atoms with Gasteiger partial charge in [-0.05, 0) is 12.1 Å². The van der Waals surface area contributed by atoms with E-state index in [0.29, 0.717) is 11.3 Å². The first-order valence-electron chi connectivity index (χ1n) is 5.65. The second-order valence-corrected chi connectivity index (χ2v) is 4.13. The molecule has 0 spiro atoms. The highest BCUT2D eigenvalue weighted by molar-refractivity contribution is 5.98. The number of nitrogens with two attached hydrogens (primary N) is 1. The summed E-state index contributed by atoms with van der Waals surface area (Å²) < 4.78 is 14.9. The summed E-state index contributed by atoms with van der Waals surface area (Å²) in [7, 11) is 0. The van der Waals surface area contributed by atoms with E-state index in [-0.39, 0.29) is 29.7 Å². The van der Waals surface area contributed by atoms with E-state index >= 15 is 0 Å². The Labute approximate surface area is 109 Å². The van der Waals surface area contributed by atoms with Gasteiger partial charge >= 0.3 is 0 Å². The van der Waals surface area contributed by atoms with E-state index < -0.39 is 0 Å². The third-order valence-electron chi connectivity index (χ3n) is 2.69. The number of carbonyl (C=O) groups is 1. The van der Waals surface area contributed by atoms with Crippen LogP contribution in [-0.4, -0.2) is 21.4 Å². The number of nitrogens with zero attached hydrogens (tertiary/aromatic N) is 2. The highest BCUT2D eigenvalue weighted by Gasteiger charge is 2.14. The van der Waals surface area contributed by atoms with Crippen molar-refractivity contribution in [1.82, 2.24) is 9.78 Å². The Kier molecular flexibility index (Phi) is 3.41. The number of rotatable bonds is 4. The molecule has 1 aromatic carbocycles. The van der Waals surface area contributed by atoms with E-state index in [9.17, 15) is 9.18 Å². The van der Waals surface area contributed by atoms with Crippen LogP contribution >= 0.6 is 0 Å². The molecule has 0 aliphatic rings. The summed E-state index contributed by atoms with van der Waals surface area (Å²) in [5.74, 6) is -0.803. The fourth-order valence-electron chi connectivity index (χ4n) is 1.74. The molecule has 0 unspecified atom stereocenters. The Morgan fingerprint density at radius 3 is 2.74 bits per heavy atom. The molecule has 3 N–H and O–H groups in total. The summed E-state index contributed by atoms with van der Waals surface area (Å²) in [6, 6.07) is 7.70. The molecule has 0 atom stereocenters. The van der Waals surface area contributed by atoms with Gasteiger partial charge < -0.3 is 5.73 Å². The van der Waals surface area contributed by atoms with E-state index in [1.807, 2.05) is 0 Å². The third kappa shape index (κ3) is 2.67. The second kappa shape index (κ2) is 5.01. The number of ketones is 1. The number of benzene rings is 1. The molecular weight excluding hydrogens is 247 g/mol. The molecule has 19 heavy (non-hydrogen) atoms. The highest BCUT2D eigenvalue weighted by atomic mass is 19.1. The Morgan fingerprint density at radius 2 is 2.16 bits per heavy atom. The Balaban J connectivity index is 2.42. The predicted molar refractivity (Wildman–Crippen MR) is 68.7 cm³/mol. The molecule has 1 heterocycles. The van der Waals surface area contributed by atoms with Crippen molar-refractivity contribution in [3.05, 3.63) is 53.1 Å². The summed E-state index contributed by atoms with van der Waals surface area (Å²) in [6.45, 7) is 1.51. The number of hydrogen-bond donors (Lipinski definition) is 2. The first-order valence-corrected chi connectivity index (χ1v) is 5.65. The van der Waals surface area contributed by atoms with Crippen LogP contribution in [0.2, 0.25) is 0 Å². The van der Waals surface area contributed by atoms with Gasteiger partial charge in [-0.2, -0.15) is 5.10 Å². The molecule has 98 valence electrons. The number of carbonyl (C=O) groups excluding carboxylic acids is 1. The second-order valence-electron chi connectivity index (χ2n) is 4.13. The van der Waals surface area contributed by atoms with Crippen LogP contribution in [0.3, 0.4) is 0 Å². The number of halogens is 1. The van der Waals surface area contributed by atoms with E-state index in [2.05, 4.69) is 5.10 Å². The monoisotopic (exact) mass is 260 g/mol. The summed E-state index contributed by atoms with van der Waals surface area (Å²) >= 11 is 0. The van der Waals surface area contributed by atoms with Crippen molar-refractivity contribution in [2.24, 2.45) is 5.73 Å². The molecule has 1 aromatic heterocycles. The lowest BCUT2D eigenvalue weighted by Crippen LogP contribution is -2.14. The molecule has 0 aliphatic heterocycles. The van der Waals surface area contributed by atoms with Crippen LogP contribution in [0.1, 0.15) is 28.7 Å². The summed E-state index contributed by atoms with van der Waals surface area (Å²) in [4.78, 5) is 11.5. The maximum absolute atomic E-state index is 13.6. The van der Waals surface area contributed by atoms with Gasteiger partial charge in [0.05, 0.1) is 6.54 Å². The van der Waals surface area contributed by atoms with E-state index in [0.717, 1.165) is 0 Å². The molecule has 0 bridgehead atoms. The Bertz CT molecular complexity index is 648. The minimum absolute atomic E-state index is 0.120. The zero-order valence-electron chi connectivity index (χ0n) is 10.4. The van der Waals surface area contributed by atoms with E-state index in [1.165, 1.54) is 23.7 Å². The van der Waals surface area contributed by atoms with Crippen molar-refractivity contribution in [1.29, 1.82) is 5.41 Å². The molecule has 0 amide bonds. The Hall–Kier alpha value is -2.50. The topological polar surface area (TPSA) is 84.8 Å². The fourth-order valence-corrected chi connectivity index (χ4v) is 1.74. The van der Waals surface area contributed by atoms with Gasteiger partial charge in [0.25, 0.3) is 0 Å². The van der Waals surface area contributed by atoms with Gasteiger partial charge in [-0.25, -0.2) is 4.39 Å². The first kappa shape index (κ1) is 12.9. The molecule has 0 fully saturated rings. The SMILES string of the molecule is CC(=O)c1cc(C(=N)N)nn1Cc1ccccc1F. The summed E-state index contributed by atoms with van der Waals surface area (Å²) in [5.41, 5.74) is 6.27. The van der Waals surface area contributed by atoms with Gasteiger partial charge in [0, 0.05) is 12.5 Å². The van der Waals surface area contributed by atoms with Crippen molar-refractivity contribution in [2.45, 2.75) is 13.5 Å². The van der Waals surface area contributed by atoms with Crippen molar-refractivity contribution in [2.75, 3.05) is 0 Å². The van der Waals surface area contributed by atoms with E-state index in [4.69, 9.17) is 11.1 Å². The molecule has 2 aromatic rings. The highest BCUT2D eigenvalue weighted by Crippen LogP contribution is 2.12. The van der Waals surface area contributed by atoms with Crippen LogP contribution in [0.5, 0.6) is 0 Å². The largest absolute Gasteiger partial charge is 0.382 e. The lowest BCUT2D eigenvalue weighted by molar-refractivity contribution is 0.100. The van der Waals surface area contributed by atoms with Gasteiger partial charge in [-0.3, -0.25) is 14.9 Å².